The summed E-state index contributed by atoms with van der Waals surface area (Å²) in [7, 11) is -3.42. The molecule has 130 valence electrons. The van der Waals surface area contributed by atoms with Gasteiger partial charge < -0.3 is 9.26 Å². The number of anilines is 1. The van der Waals surface area contributed by atoms with Crippen molar-refractivity contribution in [2.75, 3.05) is 11.0 Å². The summed E-state index contributed by atoms with van der Waals surface area (Å²) < 4.78 is 34.8. The molecule has 0 atom stereocenters. The van der Waals surface area contributed by atoms with E-state index in [0.29, 0.717) is 18.2 Å². The fourth-order valence-corrected chi connectivity index (χ4v) is 2.49. The first-order valence-corrected chi connectivity index (χ1v) is 9.18. The van der Waals surface area contributed by atoms with Gasteiger partial charge in [-0.2, -0.15) is 4.98 Å². The van der Waals surface area contributed by atoms with Crippen LogP contribution in [0.3, 0.4) is 0 Å². The van der Waals surface area contributed by atoms with Crippen LogP contribution < -0.4 is 4.72 Å². The van der Waals surface area contributed by atoms with Crippen molar-refractivity contribution in [1.82, 2.24) is 10.1 Å². The lowest BCUT2D eigenvalue weighted by atomic mass is 10.1. The molecular weight excluding hydrogens is 334 g/mol. The quantitative estimate of drug-likeness (QED) is 0.758. The summed E-state index contributed by atoms with van der Waals surface area (Å²) >= 11 is 0. The van der Waals surface area contributed by atoms with Crippen molar-refractivity contribution in [1.29, 1.82) is 0 Å². The lowest BCUT2D eigenvalue weighted by Gasteiger charge is -2.06. The summed E-state index contributed by atoms with van der Waals surface area (Å²) in [4.78, 5) is 16.2. The number of ether oxygens (including phenoxy) is 1. The highest BCUT2D eigenvalue weighted by Gasteiger charge is 2.13. The van der Waals surface area contributed by atoms with Gasteiger partial charge in [-0.1, -0.05) is 25.1 Å². The number of rotatable bonds is 7. The fraction of sp³-hybridized carbons (Fsp3) is 0.400. The topological polar surface area (TPSA) is 111 Å². The van der Waals surface area contributed by atoms with Crippen LogP contribution in [0.2, 0.25) is 0 Å². The third-order valence-corrected chi connectivity index (χ3v) is 3.44. The van der Waals surface area contributed by atoms with E-state index in [1.165, 1.54) is 18.2 Å². The molecule has 0 aliphatic carbocycles. The Bertz CT molecular complexity index is 814. The highest BCUT2D eigenvalue weighted by atomic mass is 32.2. The number of hydrogen-bond acceptors (Lipinski definition) is 7. The van der Waals surface area contributed by atoms with Crippen LogP contribution in [0, 0.1) is 5.92 Å². The van der Waals surface area contributed by atoms with Gasteiger partial charge in [-0.25, -0.2) is 13.2 Å². The van der Waals surface area contributed by atoms with Gasteiger partial charge >= 0.3 is 5.97 Å². The zero-order chi connectivity index (χ0) is 17.7. The average Bonchev–Trinajstić information content (AvgIpc) is 2.90. The van der Waals surface area contributed by atoms with Crippen LogP contribution >= 0.6 is 0 Å². The van der Waals surface area contributed by atoms with Gasteiger partial charge in [0.1, 0.15) is 0 Å². The predicted octanol–water partition coefficient (Wildman–Crippen LogP) is 2.00. The van der Waals surface area contributed by atoms with E-state index in [0.717, 1.165) is 6.26 Å². The van der Waals surface area contributed by atoms with Gasteiger partial charge in [-0.3, -0.25) is 4.72 Å². The molecule has 0 saturated carbocycles. The first-order chi connectivity index (χ1) is 11.2. The van der Waals surface area contributed by atoms with Gasteiger partial charge in [0.15, 0.2) is 12.4 Å². The molecular formula is C15H19N3O5S. The van der Waals surface area contributed by atoms with Gasteiger partial charge in [-0.05, 0) is 24.1 Å². The molecule has 0 amide bonds. The number of benzene rings is 1. The molecule has 0 saturated heterocycles. The van der Waals surface area contributed by atoms with E-state index in [4.69, 9.17) is 9.26 Å². The van der Waals surface area contributed by atoms with Gasteiger partial charge in [0.05, 0.1) is 11.8 Å². The maximum absolute atomic E-state index is 12.0. The van der Waals surface area contributed by atoms with Crippen molar-refractivity contribution < 1.29 is 22.5 Å². The van der Waals surface area contributed by atoms with Crippen LogP contribution in [0.25, 0.3) is 0 Å². The lowest BCUT2D eigenvalue weighted by molar-refractivity contribution is 0.0430. The van der Waals surface area contributed by atoms with E-state index in [9.17, 15) is 13.2 Å². The van der Waals surface area contributed by atoms with Crippen LogP contribution in [-0.2, 0) is 27.8 Å². The minimum Gasteiger partial charge on any atom is -0.452 e. The molecule has 24 heavy (non-hydrogen) atoms. The maximum atomic E-state index is 12.0. The molecule has 1 aromatic heterocycles. The van der Waals surface area contributed by atoms with Crippen LogP contribution in [0.5, 0.6) is 0 Å². The predicted molar refractivity (Wildman–Crippen MR) is 86.9 cm³/mol. The molecule has 0 radical (unpaired) electrons. The molecule has 2 aromatic rings. The van der Waals surface area contributed by atoms with E-state index in [-0.39, 0.29) is 23.7 Å². The van der Waals surface area contributed by atoms with Crippen molar-refractivity contribution in [2.24, 2.45) is 5.92 Å². The number of carbonyl (C=O) groups is 1. The number of esters is 1. The Hall–Kier alpha value is -2.42. The summed E-state index contributed by atoms with van der Waals surface area (Å²) in [5.41, 5.74) is 0.495. The molecule has 1 N–H and O–H groups in total. The van der Waals surface area contributed by atoms with Crippen molar-refractivity contribution >= 4 is 21.7 Å². The molecule has 2 rings (SSSR count). The Morgan fingerprint density at radius 2 is 2.12 bits per heavy atom. The summed E-state index contributed by atoms with van der Waals surface area (Å²) in [5, 5.41) is 3.81. The van der Waals surface area contributed by atoms with Crippen molar-refractivity contribution in [2.45, 2.75) is 26.9 Å². The molecule has 0 spiro atoms. The fourth-order valence-electron chi connectivity index (χ4n) is 1.93. The van der Waals surface area contributed by atoms with Crippen molar-refractivity contribution in [3.63, 3.8) is 0 Å². The highest BCUT2D eigenvalue weighted by Crippen LogP contribution is 2.14. The Morgan fingerprint density at radius 3 is 2.79 bits per heavy atom. The molecule has 0 unspecified atom stereocenters. The lowest BCUT2D eigenvalue weighted by Crippen LogP contribution is -2.11. The smallest absolute Gasteiger partial charge is 0.338 e. The summed E-state index contributed by atoms with van der Waals surface area (Å²) in [6.07, 6.45) is 1.71. The second kappa shape index (κ2) is 7.43. The van der Waals surface area contributed by atoms with Crippen molar-refractivity contribution in [3.8, 4) is 0 Å². The van der Waals surface area contributed by atoms with Gasteiger partial charge in [-0.15, -0.1) is 0 Å². The second-order valence-electron chi connectivity index (χ2n) is 5.73. The van der Waals surface area contributed by atoms with Gasteiger partial charge in [0.2, 0.25) is 10.0 Å². The number of sulfonamides is 1. The minimum absolute atomic E-state index is 0.145. The third-order valence-electron chi connectivity index (χ3n) is 2.83. The second-order valence-corrected chi connectivity index (χ2v) is 7.48. The van der Waals surface area contributed by atoms with Gasteiger partial charge in [0.25, 0.3) is 5.89 Å². The Labute approximate surface area is 140 Å². The van der Waals surface area contributed by atoms with E-state index < -0.39 is 16.0 Å². The number of nitrogens with zero attached hydrogens (tertiary/aromatic N) is 2. The van der Waals surface area contributed by atoms with E-state index in [1.807, 2.05) is 13.8 Å². The Kier molecular flexibility index (Phi) is 5.55. The molecule has 0 bridgehead atoms. The van der Waals surface area contributed by atoms with Crippen LogP contribution in [-0.4, -0.2) is 30.8 Å². The molecule has 1 heterocycles. The number of hydrogen-bond donors (Lipinski definition) is 1. The third kappa shape index (κ3) is 5.65. The van der Waals surface area contributed by atoms with Crippen LogP contribution in [0.4, 0.5) is 5.69 Å². The largest absolute Gasteiger partial charge is 0.452 e. The minimum atomic E-state index is -3.42. The zero-order valence-corrected chi connectivity index (χ0v) is 14.5. The molecule has 1 aromatic carbocycles. The Balaban J connectivity index is 1.97. The first-order valence-electron chi connectivity index (χ1n) is 7.29. The van der Waals surface area contributed by atoms with Crippen molar-refractivity contribution in [3.05, 3.63) is 41.5 Å². The monoisotopic (exact) mass is 353 g/mol. The molecule has 0 aliphatic heterocycles. The number of nitrogens with one attached hydrogen (secondary N) is 1. The average molecular weight is 353 g/mol. The van der Waals surface area contributed by atoms with Crippen LogP contribution in [0.15, 0.2) is 28.8 Å². The number of aromatic nitrogens is 2. The summed E-state index contributed by atoms with van der Waals surface area (Å²) in [6.45, 7) is 3.93. The SMILES string of the molecule is CC(C)Cc1noc(COC(=O)c2cccc(NS(C)(=O)=O)c2)n1. The van der Waals surface area contributed by atoms with E-state index in [1.54, 1.807) is 6.07 Å². The Morgan fingerprint density at radius 1 is 1.38 bits per heavy atom. The standard InChI is InChI=1S/C15H19N3O5S/c1-10(2)7-13-16-14(23-17-13)9-22-15(19)11-5-4-6-12(8-11)18-24(3,20)21/h4-6,8,10,18H,7,9H2,1-3H3. The summed E-state index contributed by atoms with van der Waals surface area (Å²) in [6, 6.07) is 6.00. The molecule has 0 aliphatic rings. The normalized spacial score (nSPS) is 11.5. The molecule has 0 fully saturated rings. The molecule has 9 heteroatoms. The molecule has 8 nitrogen and oxygen atoms in total. The number of carbonyl (C=O) groups excluding carboxylic acids is 1. The first kappa shape index (κ1) is 17.9. The van der Waals surface area contributed by atoms with Gasteiger partial charge in [0, 0.05) is 12.1 Å². The zero-order valence-electron chi connectivity index (χ0n) is 13.6. The maximum Gasteiger partial charge on any atom is 0.338 e. The summed E-state index contributed by atoms with van der Waals surface area (Å²) in [5.74, 6) is 0.554. The van der Waals surface area contributed by atoms with E-state index in [2.05, 4.69) is 14.9 Å². The van der Waals surface area contributed by atoms with E-state index >= 15 is 0 Å². The highest BCUT2D eigenvalue weighted by molar-refractivity contribution is 7.92. The van der Waals surface area contributed by atoms with Crippen LogP contribution in [0.1, 0.15) is 35.9 Å².